The van der Waals surface area contributed by atoms with Gasteiger partial charge in [0.25, 0.3) is 11.8 Å². The highest BCUT2D eigenvalue weighted by atomic mass is 16.5. The molecule has 0 bridgehead atoms. The lowest BCUT2D eigenvalue weighted by Crippen LogP contribution is -2.37. The maximum absolute atomic E-state index is 12.8. The number of nitrogens with one attached hydrogen (secondary N) is 2. The van der Waals surface area contributed by atoms with Gasteiger partial charge in [-0.2, -0.15) is 0 Å². The van der Waals surface area contributed by atoms with E-state index in [9.17, 15) is 9.59 Å². The molecule has 7 nitrogen and oxygen atoms in total. The van der Waals surface area contributed by atoms with Gasteiger partial charge in [-0.15, -0.1) is 0 Å². The van der Waals surface area contributed by atoms with Gasteiger partial charge in [-0.3, -0.25) is 9.59 Å². The first-order chi connectivity index (χ1) is 15.7. The summed E-state index contributed by atoms with van der Waals surface area (Å²) in [5, 5.41) is 5.97. The second-order valence-electron chi connectivity index (χ2n) is 8.08. The predicted octanol–water partition coefficient (Wildman–Crippen LogP) is 3.03. The first kappa shape index (κ1) is 20.1. The second-order valence-corrected chi connectivity index (χ2v) is 8.08. The molecule has 162 valence electrons. The van der Waals surface area contributed by atoms with Gasteiger partial charge in [0.05, 0.1) is 0 Å². The Morgan fingerprint density at radius 3 is 2.75 bits per heavy atom. The summed E-state index contributed by atoms with van der Waals surface area (Å²) in [6, 6.07) is 20.5. The third-order valence-electron chi connectivity index (χ3n) is 5.83. The summed E-state index contributed by atoms with van der Waals surface area (Å²) < 4.78 is 5.75. The van der Waals surface area contributed by atoms with Crippen molar-refractivity contribution in [3.05, 3.63) is 84.1 Å². The van der Waals surface area contributed by atoms with Gasteiger partial charge >= 0.3 is 0 Å². The first-order valence-electron chi connectivity index (χ1n) is 10.8. The van der Waals surface area contributed by atoms with Crippen LogP contribution in [0.4, 0.5) is 11.5 Å². The number of carbonyl (C=O) groups is 2. The van der Waals surface area contributed by atoms with Crippen LogP contribution < -0.4 is 20.3 Å². The number of nitrogens with zero attached hydrogens (tertiary/aromatic N) is 2. The van der Waals surface area contributed by atoms with E-state index in [1.807, 2.05) is 42.5 Å². The van der Waals surface area contributed by atoms with Gasteiger partial charge in [0.2, 0.25) is 0 Å². The second kappa shape index (κ2) is 8.70. The van der Waals surface area contributed by atoms with Crippen molar-refractivity contribution < 1.29 is 14.3 Å². The van der Waals surface area contributed by atoms with E-state index in [0.717, 1.165) is 36.6 Å². The Kier molecular flexibility index (Phi) is 5.46. The number of benzene rings is 2. The Balaban J connectivity index is 1.18. The molecule has 32 heavy (non-hydrogen) atoms. The van der Waals surface area contributed by atoms with Gasteiger partial charge in [-0.1, -0.05) is 30.3 Å². The maximum Gasteiger partial charge on any atom is 0.265 e. The quantitative estimate of drug-likeness (QED) is 0.653. The molecule has 2 aliphatic heterocycles. The van der Waals surface area contributed by atoms with E-state index >= 15 is 0 Å². The molecule has 3 heterocycles. The number of pyridine rings is 1. The molecule has 3 aromatic rings. The lowest BCUT2D eigenvalue weighted by atomic mass is 10.1. The number of aromatic nitrogens is 1. The van der Waals surface area contributed by atoms with Crippen LogP contribution in [0, 0.1) is 0 Å². The zero-order chi connectivity index (χ0) is 21.9. The molecule has 2 N–H and O–H groups in total. The highest BCUT2D eigenvalue weighted by Crippen LogP contribution is 2.28. The van der Waals surface area contributed by atoms with Crippen LogP contribution in [0.5, 0.6) is 5.75 Å². The number of carbonyl (C=O) groups excluding carboxylic acids is 2. The number of hydrogen-bond acceptors (Lipinski definition) is 5. The van der Waals surface area contributed by atoms with Crippen molar-refractivity contribution in [3.63, 3.8) is 0 Å². The SMILES string of the molecule is O=C(NC1CCN(c2ccccn2)C1)c1cccc(NC(=O)C2Cc3ccccc3O2)c1. The zero-order valence-corrected chi connectivity index (χ0v) is 17.5. The van der Waals surface area contributed by atoms with Crippen LogP contribution in [0.25, 0.3) is 0 Å². The summed E-state index contributed by atoms with van der Waals surface area (Å²) >= 11 is 0. The van der Waals surface area contributed by atoms with Crippen molar-refractivity contribution in [2.45, 2.75) is 25.0 Å². The normalized spacial score (nSPS) is 19.2. The van der Waals surface area contributed by atoms with Crippen LogP contribution in [-0.4, -0.2) is 42.0 Å². The highest BCUT2D eigenvalue weighted by molar-refractivity contribution is 5.98. The standard InChI is InChI=1S/C25H24N4O3/c30-24(28-20-11-13-29(16-20)23-10-3-4-12-26-23)18-7-5-8-19(14-18)27-25(31)22-15-17-6-1-2-9-21(17)32-22/h1-10,12,14,20,22H,11,13,15-16H2,(H,27,31)(H,28,30). The minimum absolute atomic E-state index is 0.0492. The molecule has 1 aromatic heterocycles. The average Bonchev–Trinajstić information content (AvgIpc) is 3.47. The minimum Gasteiger partial charge on any atom is -0.480 e. The zero-order valence-electron chi connectivity index (χ0n) is 17.5. The average molecular weight is 428 g/mol. The summed E-state index contributed by atoms with van der Waals surface area (Å²) in [5.74, 6) is 1.29. The molecule has 0 aliphatic carbocycles. The van der Waals surface area contributed by atoms with Crippen molar-refractivity contribution in [2.24, 2.45) is 0 Å². The number of ether oxygens (including phenoxy) is 1. The third-order valence-corrected chi connectivity index (χ3v) is 5.83. The van der Waals surface area contributed by atoms with Crippen LogP contribution >= 0.6 is 0 Å². The number of hydrogen-bond donors (Lipinski definition) is 2. The fourth-order valence-corrected chi connectivity index (χ4v) is 4.18. The summed E-state index contributed by atoms with van der Waals surface area (Å²) in [6.45, 7) is 1.57. The van der Waals surface area contributed by atoms with E-state index < -0.39 is 6.10 Å². The van der Waals surface area contributed by atoms with Gasteiger partial charge in [0, 0.05) is 43.0 Å². The lowest BCUT2D eigenvalue weighted by Gasteiger charge is -2.18. The van der Waals surface area contributed by atoms with Crippen LogP contribution in [-0.2, 0) is 11.2 Å². The Morgan fingerprint density at radius 2 is 1.91 bits per heavy atom. The smallest absolute Gasteiger partial charge is 0.265 e. The van der Waals surface area contributed by atoms with E-state index in [1.165, 1.54) is 0 Å². The molecule has 2 aromatic carbocycles. The molecule has 0 saturated carbocycles. The van der Waals surface area contributed by atoms with E-state index in [4.69, 9.17) is 4.74 Å². The van der Waals surface area contributed by atoms with E-state index in [2.05, 4.69) is 20.5 Å². The van der Waals surface area contributed by atoms with Crippen molar-refractivity contribution in [1.29, 1.82) is 0 Å². The molecule has 2 atom stereocenters. The number of para-hydroxylation sites is 1. The van der Waals surface area contributed by atoms with Crippen molar-refractivity contribution >= 4 is 23.3 Å². The number of fused-ring (bicyclic) bond motifs is 1. The molecule has 2 aliphatic rings. The largest absolute Gasteiger partial charge is 0.480 e. The van der Waals surface area contributed by atoms with Crippen LogP contribution in [0.1, 0.15) is 22.3 Å². The van der Waals surface area contributed by atoms with Crippen molar-refractivity contribution in [2.75, 3.05) is 23.3 Å². The van der Waals surface area contributed by atoms with Crippen LogP contribution in [0.15, 0.2) is 72.9 Å². The molecule has 7 heteroatoms. The summed E-state index contributed by atoms with van der Waals surface area (Å²) in [5.41, 5.74) is 2.11. The Morgan fingerprint density at radius 1 is 1.03 bits per heavy atom. The molecular formula is C25H24N4O3. The van der Waals surface area contributed by atoms with Gasteiger partial charge in [0.15, 0.2) is 6.10 Å². The summed E-state index contributed by atoms with van der Waals surface area (Å²) in [6.07, 6.45) is 2.60. The first-order valence-corrected chi connectivity index (χ1v) is 10.8. The Hall–Kier alpha value is -3.87. The topological polar surface area (TPSA) is 83.6 Å². The molecule has 1 fully saturated rings. The van der Waals surface area contributed by atoms with E-state index in [1.54, 1.807) is 30.5 Å². The molecule has 2 unspecified atom stereocenters. The van der Waals surface area contributed by atoms with Crippen molar-refractivity contribution in [3.8, 4) is 5.75 Å². The summed E-state index contributed by atoms with van der Waals surface area (Å²) in [7, 11) is 0. The highest BCUT2D eigenvalue weighted by Gasteiger charge is 2.29. The molecular weight excluding hydrogens is 404 g/mol. The number of amides is 2. The fraction of sp³-hybridized carbons (Fsp3) is 0.240. The number of rotatable bonds is 5. The molecule has 1 saturated heterocycles. The van der Waals surface area contributed by atoms with Crippen LogP contribution in [0.3, 0.4) is 0 Å². The minimum atomic E-state index is -0.569. The predicted molar refractivity (Wildman–Crippen MR) is 122 cm³/mol. The van der Waals surface area contributed by atoms with Crippen molar-refractivity contribution in [1.82, 2.24) is 10.3 Å². The molecule has 2 amide bonds. The van der Waals surface area contributed by atoms with Gasteiger partial charge in [-0.05, 0) is 48.4 Å². The maximum atomic E-state index is 12.8. The third kappa shape index (κ3) is 4.27. The van der Waals surface area contributed by atoms with Gasteiger partial charge in [-0.25, -0.2) is 4.98 Å². The Labute approximate surface area is 186 Å². The fourth-order valence-electron chi connectivity index (χ4n) is 4.18. The molecule has 0 spiro atoms. The van der Waals surface area contributed by atoms with E-state index in [-0.39, 0.29) is 17.9 Å². The van der Waals surface area contributed by atoms with Gasteiger partial charge < -0.3 is 20.3 Å². The van der Waals surface area contributed by atoms with Crippen LogP contribution in [0.2, 0.25) is 0 Å². The Bertz CT molecular complexity index is 1110. The number of anilines is 2. The lowest BCUT2D eigenvalue weighted by molar-refractivity contribution is -0.122. The monoisotopic (exact) mass is 428 g/mol. The molecule has 0 radical (unpaired) electrons. The summed E-state index contributed by atoms with van der Waals surface area (Å²) in [4.78, 5) is 32.0. The van der Waals surface area contributed by atoms with E-state index in [0.29, 0.717) is 17.7 Å². The van der Waals surface area contributed by atoms with Gasteiger partial charge in [0.1, 0.15) is 11.6 Å². The molecule has 5 rings (SSSR count).